The van der Waals surface area contributed by atoms with Crippen molar-refractivity contribution in [2.45, 2.75) is 38.1 Å². The summed E-state index contributed by atoms with van der Waals surface area (Å²) in [6, 6.07) is 13.6. The van der Waals surface area contributed by atoms with Gasteiger partial charge in [-0.2, -0.15) is 0 Å². The first-order valence-electron chi connectivity index (χ1n) is 9.42. The summed E-state index contributed by atoms with van der Waals surface area (Å²) in [5.74, 6) is 0.395. The largest absolute Gasteiger partial charge is 0.376 e. The van der Waals surface area contributed by atoms with Crippen LogP contribution in [0, 0.1) is 17.0 Å². The summed E-state index contributed by atoms with van der Waals surface area (Å²) < 4.78 is 1.22. The average Bonchev–Trinajstić information content (AvgIpc) is 3.17. The van der Waals surface area contributed by atoms with Crippen LogP contribution in [0.3, 0.4) is 0 Å². The second-order valence-corrected chi connectivity index (χ2v) is 7.40. The van der Waals surface area contributed by atoms with Crippen LogP contribution >= 0.6 is 0 Å². The first kappa shape index (κ1) is 18.2. The molecule has 0 N–H and O–H groups in total. The van der Waals surface area contributed by atoms with Gasteiger partial charge in [0.2, 0.25) is 5.82 Å². The number of hydrogen-bond donors (Lipinski definition) is 0. The molecule has 7 nitrogen and oxygen atoms in total. The lowest BCUT2D eigenvalue weighted by Crippen LogP contribution is -2.36. The van der Waals surface area contributed by atoms with Crippen molar-refractivity contribution < 1.29 is 4.92 Å². The molecule has 0 spiro atoms. The number of hydrogen-bond acceptors (Lipinski definition) is 5. The lowest BCUT2D eigenvalue weighted by atomic mass is 9.92. The highest BCUT2D eigenvalue weighted by molar-refractivity contribution is 5.62. The van der Waals surface area contributed by atoms with E-state index >= 15 is 0 Å². The number of aromatic nitrogens is 2. The van der Waals surface area contributed by atoms with E-state index in [4.69, 9.17) is 0 Å². The van der Waals surface area contributed by atoms with Crippen LogP contribution in [-0.4, -0.2) is 27.4 Å². The Hall–Kier alpha value is -3.22. The van der Waals surface area contributed by atoms with Crippen LogP contribution in [0.15, 0.2) is 53.5 Å². The molecular formula is C21H22N4O3. The van der Waals surface area contributed by atoms with Gasteiger partial charge in [0, 0.05) is 25.2 Å². The van der Waals surface area contributed by atoms with E-state index in [1.807, 2.05) is 11.9 Å². The van der Waals surface area contributed by atoms with Crippen molar-refractivity contribution in [1.29, 1.82) is 0 Å². The van der Waals surface area contributed by atoms with Gasteiger partial charge < -0.3 is 4.90 Å². The van der Waals surface area contributed by atoms with E-state index < -0.39 is 16.2 Å². The molecule has 3 aromatic rings. The van der Waals surface area contributed by atoms with Crippen molar-refractivity contribution in [2.75, 3.05) is 11.9 Å². The maximum absolute atomic E-state index is 12.8. The molecule has 1 aliphatic carbocycles. The normalized spacial score (nSPS) is 19.1. The highest BCUT2D eigenvalue weighted by Crippen LogP contribution is 2.40. The zero-order valence-corrected chi connectivity index (χ0v) is 15.9. The van der Waals surface area contributed by atoms with Gasteiger partial charge in [-0.3, -0.25) is 19.3 Å². The monoisotopic (exact) mass is 378 g/mol. The molecule has 1 fully saturated rings. The molecule has 7 heteroatoms. The molecule has 2 atom stereocenters. The van der Waals surface area contributed by atoms with Crippen LogP contribution in [-0.2, 0) is 0 Å². The molecule has 144 valence electrons. The Bertz CT molecular complexity index is 1090. The van der Waals surface area contributed by atoms with Gasteiger partial charge in [-0.1, -0.05) is 42.3 Å². The van der Waals surface area contributed by atoms with E-state index in [0.717, 1.165) is 19.3 Å². The number of fused-ring (bicyclic) bond motifs is 1. The number of anilines is 1. The quantitative estimate of drug-likeness (QED) is 0.511. The average molecular weight is 378 g/mol. The van der Waals surface area contributed by atoms with E-state index in [1.165, 1.54) is 21.7 Å². The molecule has 0 radical (unpaired) electrons. The van der Waals surface area contributed by atoms with E-state index in [2.05, 4.69) is 36.2 Å². The molecule has 2 heterocycles. The highest BCUT2D eigenvalue weighted by atomic mass is 16.6. The van der Waals surface area contributed by atoms with E-state index in [1.54, 1.807) is 18.2 Å². The second kappa shape index (κ2) is 7.07. The standard InChI is InChI=1S/C21H22N4O3/c1-14-9-11-15(12-10-14)16-6-5-7-17(16)23(2)20-19(25(27)28)21(26)24-13-4-3-8-18(24)22-20/h3-4,8-13,16-17H,5-7H2,1-2H3/t16-,17-/m1/s1. The predicted molar refractivity (Wildman–Crippen MR) is 108 cm³/mol. The predicted octanol–water partition coefficient (Wildman–Crippen LogP) is 3.68. The molecular weight excluding hydrogens is 356 g/mol. The van der Waals surface area contributed by atoms with Crippen molar-refractivity contribution in [2.24, 2.45) is 0 Å². The first-order chi connectivity index (χ1) is 13.5. The zero-order valence-electron chi connectivity index (χ0n) is 15.9. The van der Waals surface area contributed by atoms with E-state index in [9.17, 15) is 14.9 Å². The fourth-order valence-corrected chi connectivity index (χ4v) is 4.24. The molecule has 0 amide bonds. The third-order valence-corrected chi connectivity index (χ3v) is 5.69. The third-order valence-electron chi connectivity index (χ3n) is 5.69. The van der Waals surface area contributed by atoms with Crippen LogP contribution in [0.5, 0.6) is 0 Å². The summed E-state index contributed by atoms with van der Waals surface area (Å²) in [5, 5.41) is 11.7. The Kier molecular flexibility index (Phi) is 4.58. The van der Waals surface area contributed by atoms with Gasteiger partial charge in [0.25, 0.3) is 0 Å². The highest BCUT2D eigenvalue weighted by Gasteiger charge is 2.36. The number of likely N-dealkylation sites (N-methyl/N-ethyl adjacent to an activating group) is 1. The molecule has 1 aromatic carbocycles. The summed E-state index contributed by atoms with van der Waals surface area (Å²) in [5.41, 5.74) is 1.71. The summed E-state index contributed by atoms with van der Waals surface area (Å²) in [6.07, 6.45) is 4.46. The van der Waals surface area contributed by atoms with Gasteiger partial charge in [-0.15, -0.1) is 0 Å². The van der Waals surface area contributed by atoms with Gasteiger partial charge in [0.05, 0.1) is 4.92 Å². The Morgan fingerprint density at radius 2 is 1.93 bits per heavy atom. The number of benzene rings is 1. The fourth-order valence-electron chi connectivity index (χ4n) is 4.24. The van der Waals surface area contributed by atoms with Crippen molar-refractivity contribution >= 4 is 17.2 Å². The van der Waals surface area contributed by atoms with Crippen molar-refractivity contribution in [3.63, 3.8) is 0 Å². The lowest BCUT2D eigenvalue weighted by molar-refractivity contribution is -0.385. The SMILES string of the molecule is Cc1ccc([C@H]2CCC[C@H]2N(C)c2nc3ccccn3c(=O)c2[N+](=O)[O-])cc1. The lowest BCUT2D eigenvalue weighted by Gasteiger charge is -2.30. The number of rotatable bonds is 4. The minimum absolute atomic E-state index is 0.0551. The van der Waals surface area contributed by atoms with Crippen LogP contribution < -0.4 is 10.5 Å². The van der Waals surface area contributed by atoms with Crippen molar-refractivity contribution in [3.05, 3.63) is 80.3 Å². The summed E-state index contributed by atoms with van der Waals surface area (Å²) in [4.78, 5) is 30.2. The minimum Gasteiger partial charge on any atom is -0.350 e. The van der Waals surface area contributed by atoms with Crippen LogP contribution in [0.4, 0.5) is 11.5 Å². The van der Waals surface area contributed by atoms with Gasteiger partial charge in [0.1, 0.15) is 5.65 Å². The maximum Gasteiger partial charge on any atom is 0.376 e. The smallest absolute Gasteiger partial charge is 0.350 e. The van der Waals surface area contributed by atoms with E-state index in [-0.39, 0.29) is 17.8 Å². The Morgan fingerprint density at radius 1 is 1.18 bits per heavy atom. The molecule has 2 aromatic heterocycles. The number of aryl methyl sites for hydroxylation is 1. The van der Waals surface area contributed by atoms with Gasteiger partial charge in [0.15, 0.2) is 0 Å². The molecule has 0 unspecified atom stereocenters. The Labute approximate surface area is 162 Å². The minimum atomic E-state index is -0.651. The topological polar surface area (TPSA) is 80.8 Å². The van der Waals surface area contributed by atoms with E-state index in [0.29, 0.717) is 5.65 Å². The number of pyridine rings is 1. The van der Waals surface area contributed by atoms with Gasteiger partial charge >= 0.3 is 11.2 Å². The molecule has 0 aliphatic heterocycles. The summed E-state index contributed by atoms with van der Waals surface area (Å²) >= 11 is 0. The maximum atomic E-state index is 12.8. The second-order valence-electron chi connectivity index (χ2n) is 7.40. The number of nitro groups is 1. The summed E-state index contributed by atoms with van der Waals surface area (Å²) in [7, 11) is 1.81. The van der Waals surface area contributed by atoms with Gasteiger partial charge in [-0.05, 0) is 37.5 Å². The molecule has 0 saturated heterocycles. The molecule has 28 heavy (non-hydrogen) atoms. The van der Waals surface area contributed by atoms with Gasteiger partial charge in [-0.25, -0.2) is 4.98 Å². The molecule has 1 saturated carbocycles. The van der Waals surface area contributed by atoms with Crippen LogP contribution in [0.25, 0.3) is 5.65 Å². The third kappa shape index (κ3) is 3.02. The van der Waals surface area contributed by atoms with Crippen molar-refractivity contribution in [1.82, 2.24) is 9.38 Å². The first-order valence-corrected chi connectivity index (χ1v) is 9.42. The molecule has 1 aliphatic rings. The Morgan fingerprint density at radius 3 is 2.64 bits per heavy atom. The number of nitrogens with zero attached hydrogens (tertiary/aromatic N) is 4. The Balaban J connectivity index is 1.80. The molecule has 0 bridgehead atoms. The van der Waals surface area contributed by atoms with Crippen molar-refractivity contribution in [3.8, 4) is 0 Å². The van der Waals surface area contributed by atoms with Crippen LogP contribution in [0.1, 0.15) is 36.3 Å². The molecule has 4 rings (SSSR count). The van der Waals surface area contributed by atoms with Crippen LogP contribution in [0.2, 0.25) is 0 Å². The zero-order chi connectivity index (χ0) is 19.8. The fraction of sp³-hybridized carbons (Fsp3) is 0.333. The summed E-state index contributed by atoms with van der Waals surface area (Å²) in [6.45, 7) is 2.05.